The minimum atomic E-state index is -0.847. The van der Waals surface area contributed by atoms with E-state index >= 15 is 0 Å². The molecule has 0 unspecified atom stereocenters. The summed E-state index contributed by atoms with van der Waals surface area (Å²) in [5.41, 5.74) is 0.892. The Morgan fingerprint density at radius 2 is 2.00 bits per heavy atom. The third kappa shape index (κ3) is 3.67. The number of aromatic hydroxyl groups is 1. The number of hydrogen-bond donors (Lipinski definition) is 2. The molecule has 0 radical (unpaired) electrons. The van der Waals surface area contributed by atoms with E-state index < -0.39 is 12.0 Å². The van der Waals surface area contributed by atoms with Gasteiger partial charge in [-0.3, -0.25) is 4.79 Å². The summed E-state index contributed by atoms with van der Waals surface area (Å²) in [4.78, 5) is 10.9. The second-order valence-electron chi connectivity index (χ2n) is 3.25. The van der Waals surface area contributed by atoms with Gasteiger partial charge in [0, 0.05) is 22.9 Å². The molecule has 0 aliphatic carbocycles. The van der Waals surface area contributed by atoms with E-state index in [4.69, 9.17) is 10.2 Å². The highest BCUT2D eigenvalue weighted by Crippen LogP contribution is 2.14. The molecular weight excluding hydrogens is 309 g/mol. The fourth-order valence-electron chi connectivity index (χ4n) is 1.22. The van der Waals surface area contributed by atoms with Gasteiger partial charge in [-0.1, -0.05) is 12.1 Å². The number of aliphatic carboxylic acids is 1. The molecule has 0 fully saturated rings. The van der Waals surface area contributed by atoms with Crippen molar-refractivity contribution >= 4 is 28.8 Å². The van der Waals surface area contributed by atoms with E-state index in [0.29, 0.717) is 6.42 Å². The Bertz CT molecular complexity index is 337. The minimum Gasteiger partial charge on any atom is -0.508 e. The van der Waals surface area contributed by atoms with Crippen LogP contribution in [0.15, 0.2) is 24.3 Å². The van der Waals surface area contributed by atoms with Crippen LogP contribution in [-0.4, -0.2) is 32.4 Å². The molecule has 1 aromatic rings. The molecule has 5 heteroatoms. The lowest BCUT2D eigenvalue weighted by atomic mass is 10.1. The number of hydrogen-bond acceptors (Lipinski definition) is 3. The van der Waals surface area contributed by atoms with Crippen LogP contribution < -0.4 is 0 Å². The maximum atomic E-state index is 10.9. The van der Waals surface area contributed by atoms with Crippen LogP contribution in [0.5, 0.6) is 5.75 Å². The van der Waals surface area contributed by atoms with Crippen LogP contribution in [0, 0.1) is 0 Å². The predicted molar refractivity (Wildman–Crippen MR) is 65.0 cm³/mol. The van der Waals surface area contributed by atoms with Gasteiger partial charge in [-0.05, 0) is 31.2 Å². The van der Waals surface area contributed by atoms with Gasteiger partial charge in [-0.15, -0.1) is 0 Å². The highest BCUT2D eigenvalue weighted by Gasteiger charge is 2.21. The number of phenolic OH excluding ortho intramolecular Hbond substituents is 1. The number of benzene rings is 1. The molecule has 82 valence electrons. The van der Waals surface area contributed by atoms with Crippen molar-refractivity contribution in [1.82, 2.24) is 3.11 Å². The van der Waals surface area contributed by atoms with Crippen LogP contribution in [-0.2, 0) is 11.2 Å². The predicted octanol–water partition coefficient (Wildman–Crippen LogP) is 1.67. The van der Waals surface area contributed by atoms with Gasteiger partial charge < -0.3 is 10.2 Å². The zero-order valence-corrected chi connectivity index (χ0v) is 10.4. The van der Waals surface area contributed by atoms with Gasteiger partial charge in [0.1, 0.15) is 11.8 Å². The highest BCUT2D eigenvalue weighted by molar-refractivity contribution is 14.1. The summed E-state index contributed by atoms with van der Waals surface area (Å²) in [7, 11) is 1.72. The summed E-state index contributed by atoms with van der Waals surface area (Å²) in [6, 6.07) is 6.02. The van der Waals surface area contributed by atoms with Crippen molar-refractivity contribution < 1.29 is 15.0 Å². The fourth-order valence-corrected chi connectivity index (χ4v) is 1.66. The first-order valence-corrected chi connectivity index (χ1v) is 5.36. The van der Waals surface area contributed by atoms with Crippen LogP contribution in [0.4, 0.5) is 0 Å². The molecule has 0 saturated carbocycles. The monoisotopic (exact) mass is 321 g/mol. The van der Waals surface area contributed by atoms with Crippen molar-refractivity contribution in [1.29, 1.82) is 0 Å². The van der Waals surface area contributed by atoms with Gasteiger partial charge in [0.05, 0.1) is 0 Å². The van der Waals surface area contributed by atoms with Crippen LogP contribution in [0.1, 0.15) is 5.56 Å². The molecule has 0 bridgehead atoms. The maximum absolute atomic E-state index is 10.9. The smallest absolute Gasteiger partial charge is 0.322 e. The molecule has 0 spiro atoms. The number of phenols is 1. The summed E-state index contributed by atoms with van der Waals surface area (Å²) in [6.07, 6.45) is 0.426. The average molecular weight is 321 g/mol. The average Bonchev–Trinajstić information content (AvgIpc) is 2.15. The number of carbonyl (C=O) groups is 1. The summed E-state index contributed by atoms with van der Waals surface area (Å²) < 4.78 is 1.63. The summed E-state index contributed by atoms with van der Waals surface area (Å²) in [6.45, 7) is 0. The second kappa shape index (κ2) is 5.32. The number of rotatable bonds is 4. The van der Waals surface area contributed by atoms with Crippen LogP contribution in [0.3, 0.4) is 0 Å². The molecule has 4 nitrogen and oxygen atoms in total. The molecule has 0 saturated heterocycles. The Hall–Kier alpha value is -0.820. The minimum absolute atomic E-state index is 0.188. The standard InChI is InChI=1S/C10H12INO3/c1-12(11)9(10(14)15)6-7-2-4-8(13)5-3-7/h2-5,9,13H,6H2,1H3,(H,14,15)/t9-/m0/s1. The highest BCUT2D eigenvalue weighted by atomic mass is 127. The van der Waals surface area contributed by atoms with E-state index in [-0.39, 0.29) is 5.75 Å². The summed E-state index contributed by atoms with van der Waals surface area (Å²) in [5.74, 6) is -0.659. The van der Waals surface area contributed by atoms with Gasteiger partial charge in [0.25, 0.3) is 0 Å². The Labute approximate surface area is 102 Å². The number of carboxylic acid groups (broad SMARTS) is 1. The van der Waals surface area contributed by atoms with Crippen LogP contribution in [0.25, 0.3) is 0 Å². The molecule has 1 atom stereocenters. The van der Waals surface area contributed by atoms with Crippen molar-refractivity contribution in [3.05, 3.63) is 29.8 Å². The SMILES string of the molecule is CN(I)[C@@H](Cc1ccc(O)cc1)C(=O)O. The van der Waals surface area contributed by atoms with E-state index in [1.54, 1.807) is 34.4 Å². The number of likely N-dealkylation sites (N-methyl/N-ethyl adjacent to an activating group) is 1. The quantitative estimate of drug-likeness (QED) is 0.654. The Morgan fingerprint density at radius 3 is 2.40 bits per heavy atom. The lowest BCUT2D eigenvalue weighted by molar-refractivity contribution is -0.140. The Morgan fingerprint density at radius 1 is 1.47 bits per heavy atom. The van der Waals surface area contributed by atoms with Crippen molar-refractivity contribution in [2.75, 3.05) is 7.05 Å². The zero-order valence-electron chi connectivity index (χ0n) is 8.22. The Kier molecular flexibility index (Phi) is 4.34. The second-order valence-corrected chi connectivity index (χ2v) is 4.77. The first-order valence-electron chi connectivity index (χ1n) is 4.40. The first kappa shape index (κ1) is 12.3. The van der Waals surface area contributed by atoms with Crippen molar-refractivity contribution in [2.45, 2.75) is 12.5 Å². The molecule has 1 rings (SSSR count). The van der Waals surface area contributed by atoms with E-state index in [1.165, 1.54) is 0 Å². The number of nitrogens with zero attached hydrogens (tertiary/aromatic N) is 1. The lowest BCUT2D eigenvalue weighted by Crippen LogP contribution is -2.33. The topological polar surface area (TPSA) is 60.8 Å². The molecule has 15 heavy (non-hydrogen) atoms. The first-order chi connectivity index (χ1) is 7.00. The van der Waals surface area contributed by atoms with E-state index in [9.17, 15) is 4.79 Å². The zero-order chi connectivity index (χ0) is 11.4. The molecule has 2 N–H and O–H groups in total. The van der Waals surface area contributed by atoms with Gasteiger partial charge >= 0.3 is 5.97 Å². The normalized spacial score (nSPS) is 12.7. The van der Waals surface area contributed by atoms with E-state index in [0.717, 1.165) is 5.56 Å². The van der Waals surface area contributed by atoms with Gasteiger partial charge in [0.2, 0.25) is 0 Å². The number of halogens is 1. The molecular formula is C10H12INO3. The van der Waals surface area contributed by atoms with E-state index in [1.807, 2.05) is 22.9 Å². The van der Waals surface area contributed by atoms with Crippen LogP contribution in [0.2, 0.25) is 0 Å². The molecule has 0 aromatic heterocycles. The number of carboxylic acids is 1. The Balaban J connectivity index is 2.74. The fraction of sp³-hybridized carbons (Fsp3) is 0.300. The van der Waals surface area contributed by atoms with Gasteiger partial charge in [0.15, 0.2) is 0 Å². The maximum Gasteiger partial charge on any atom is 0.322 e. The van der Waals surface area contributed by atoms with Crippen molar-refractivity contribution in [3.8, 4) is 5.75 Å². The molecule has 1 aromatic carbocycles. The molecule has 0 aliphatic heterocycles. The summed E-state index contributed by atoms with van der Waals surface area (Å²) in [5, 5.41) is 18.0. The van der Waals surface area contributed by atoms with Crippen molar-refractivity contribution in [2.24, 2.45) is 0 Å². The van der Waals surface area contributed by atoms with E-state index in [2.05, 4.69) is 0 Å². The third-order valence-electron chi connectivity index (χ3n) is 2.08. The lowest BCUT2D eigenvalue weighted by Gasteiger charge is -2.17. The van der Waals surface area contributed by atoms with Gasteiger partial charge in [-0.25, -0.2) is 3.11 Å². The molecule has 0 aliphatic rings. The molecule has 0 heterocycles. The molecule has 0 amide bonds. The third-order valence-corrected chi connectivity index (χ3v) is 2.75. The van der Waals surface area contributed by atoms with Gasteiger partial charge in [-0.2, -0.15) is 0 Å². The summed E-state index contributed by atoms with van der Waals surface area (Å²) >= 11 is 1.96. The van der Waals surface area contributed by atoms with Crippen molar-refractivity contribution in [3.63, 3.8) is 0 Å². The van der Waals surface area contributed by atoms with Crippen LogP contribution >= 0.6 is 22.9 Å². The largest absolute Gasteiger partial charge is 0.508 e.